The molecular weight excluding hydrogens is 392 g/mol. The summed E-state index contributed by atoms with van der Waals surface area (Å²) >= 11 is 5.01. The van der Waals surface area contributed by atoms with Crippen molar-refractivity contribution in [2.45, 2.75) is 13.5 Å². The number of amides is 1. The number of ether oxygens (including phenoxy) is 1. The van der Waals surface area contributed by atoms with Gasteiger partial charge < -0.3 is 14.6 Å². The standard InChI is InChI=1S/C17H15BrN2O3S/c1-11-7-12(4-5-14(11)18)19-17(21)10-22-9-13-8-15(23-20-13)16-3-2-6-24-16/h2-8H,9-10H2,1H3,(H,19,21). The first-order valence-electron chi connectivity index (χ1n) is 7.25. The number of aromatic nitrogens is 1. The van der Waals surface area contributed by atoms with Crippen molar-refractivity contribution in [3.8, 4) is 10.6 Å². The van der Waals surface area contributed by atoms with Crippen LogP contribution in [0.25, 0.3) is 10.6 Å². The van der Waals surface area contributed by atoms with Crippen LogP contribution in [0, 0.1) is 6.92 Å². The molecule has 1 N–H and O–H groups in total. The summed E-state index contributed by atoms with van der Waals surface area (Å²) in [6.45, 7) is 2.14. The lowest BCUT2D eigenvalue weighted by molar-refractivity contribution is -0.121. The fraction of sp³-hybridized carbons (Fsp3) is 0.176. The number of thiophene rings is 1. The van der Waals surface area contributed by atoms with Crippen molar-refractivity contribution >= 4 is 38.9 Å². The average molecular weight is 407 g/mol. The normalized spacial score (nSPS) is 10.8. The number of aryl methyl sites for hydroxylation is 1. The van der Waals surface area contributed by atoms with Gasteiger partial charge in [-0.15, -0.1) is 11.3 Å². The molecule has 24 heavy (non-hydrogen) atoms. The molecule has 0 saturated carbocycles. The second-order valence-corrected chi connectivity index (χ2v) is 6.97. The van der Waals surface area contributed by atoms with Crippen molar-refractivity contribution < 1.29 is 14.1 Å². The Labute approximate surface area is 151 Å². The lowest BCUT2D eigenvalue weighted by atomic mass is 10.2. The number of anilines is 1. The number of rotatable bonds is 6. The van der Waals surface area contributed by atoms with Crippen LogP contribution in [-0.2, 0) is 16.1 Å². The van der Waals surface area contributed by atoms with Crippen molar-refractivity contribution in [2.24, 2.45) is 0 Å². The lowest BCUT2D eigenvalue weighted by Gasteiger charge is -2.07. The molecular formula is C17H15BrN2O3S. The van der Waals surface area contributed by atoms with Crippen molar-refractivity contribution in [2.75, 3.05) is 11.9 Å². The molecule has 1 amide bonds. The Kier molecular flexibility index (Phi) is 5.44. The number of nitrogens with zero attached hydrogens (tertiary/aromatic N) is 1. The third-order valence-corrected chi connectivity index (χ3v) is 5.02. The lowest BCUT2D eigenvalue weighted by Crippen LogP contribution is -2.18. The third-order valence-electron chi connectivity index (χ3n) is 3.25. The van der Waals surface area contributed by atoms with E-state index in [1.807, 2.05) is 48.7 Å². The average Bonchev–Trinajstić information content (AvgIpc) is 3.22. The molecule has 0 saturated heterocycles. The second-order valence-electron chi connectivity index (χ2n) is 5.16. The third kappa shape index (κ3) is 4.31. The van der Waals surface area contributed by atoms with Gasteiger partial charge in [0, 0.05) is 16.2 Å². The van der Waals surface area contributed by atoms with E-state index in [0.29, 0.717) is 11.5 Å². The number of carbonyl (C=O) groups is 1. The maximum absolute atomic E-state index is 11.9. The van der Waals surface area contributed by atoms with E-state index in [4.69, 9.17) is 9.26 Å². The smallest absolute Gasteiger partial charge is 0.250 e. The highest BCUT2D eigenvalue weighted by Crippen LogP contribution is 2.25. The highest BCUT2D eigenvalue weighted by Gasteiger charge is 2.09. The van der Waals surface area contributed by atoms with Gasteiger partial charge in [-0.05, 0) is 42.1 Å². The van der Waals surface area contributed by atoms with Gasteiger partial charge in [0.2, 0.25) is 5.91 Å². The van der Waals surface area contributed by atoms with E-state index in [9.17, 15) is 4.79 Å². The molecule has 0 bridgehead atoms. The summed E-state index contributed by atoms with van der Waals surface area (Å²) in [4.78, 5) is 12.9. The van der Waals surface area contributed by atoms with Gasteiger partial charge in [-0.1, -0.05) is 27.2 Å². The van der Waals surface area contributed by atoms with Crippen LogP contribution < -0.4 is 5.32 Å². The Morgan fingerprint density at radius 1 is 1.38 bits per heavy atom. The van der Waals surface area contributed by atoms with Crippen molar-refractivity contribution in [1.82, 2.24) is 5.16 Å². The first-order valence-corrected chi connectivity index (χ1v) is 8.92. The van der Waals surface area contributed by atoms with Crippen LogP contribution in [-0.4, -0.2) is 17.7 Å². The number of hydrogen-bond donors (Lipinski definition) is 1. The quantitative estimate of drug-likeness (QED) is 0.647. The van der Waals surface area contributed by atoms with Gasteiger partial charge in [0.05, 0.1) is 11.5 Å². The van der Waals surface area contributed by atoms with Crippen LogP contribution in [0.15, 0.2) is 50.8 Å². The molecule has 0 aliphatic carbocycles. The molecule has 3 aromatic rings. The van der Waals surface area contributed by atoms with Crippen LogP contribution in [0.5, 0.6) is 0 Å². The van der Waals surface area contributed by atoms with Crippen LogP contribution in [0.4, 0.5) is 5.69 Å². The number of benzene rings is 1. The minimum absolute atomic E-state index is 0.0453. The maximum atomic E-state index is 11.9. The fourth-order valence-corrected chi connectivity index (χ4v) is 3.00. The zero-order valence-electron chi connectivity index (χ0n) is 12.9. The molecule has 0 aliphatic heterocycles. The van der Waals surface area contributed by atoms with E-state index in [-0.39, 0.29) is 19.1 Å². The molecule has 0 atom stereocenters. The summed E-state index contributed by atoms with van der Waals surface area (Å²) < 4.78 is 11.7. The topological polar surface area (TPSA) is 64.4 Å². The summed E-state index contributed by atoms with van der Waals surface area (Å²) in [6, 6.07) is 11.4. The van der Waals surface area contributed by atoms with Crippen LogP contribution in [0.1, 0.15) is 11.3 Å². The van der Waals surface area contributed by atoms with E-state index >= 15 is 0 Å². The molecule has 2 heterocycles. The summed E-state index contributed by atoms with van der Waals surface area (Å²) in [6.07, 6.45) is 0. The highest BCUT2D eigenvalue weighted by molar-refractivity contribution is 9.10. The first kappa shape index (κ1) is 16.9. The van der Waals surface area contributed by atoms with E-state index < -0.39 is 0 Å². The Hall–Kier alpha value is -1.96. The Morgan fingerprint density at radius 2 is 2.25 bits per heavy atom. The summed E-state index contributed by atoms with van der Waals surface area (Å²) in [5.41, 5.74) is 2.45. The number of nitrogens with one attached hydrogen (secondary N) is 1. The van der Waals surface area contributed by atoms with Crippen molar-refractivity contribution in [3.05, 3.63) is 57.5 Å². The van der Waals surface area contributed by atoms with Gasteiger partial charge in [-0.2, -0.15) is 0 Å². The molecule has 0 spiro atoms. The maximum Gasteiger partial charge on any atom is 0.250 e. The minimum Gasteiger partial charge on any atom is -0.365 e. The summed E-state index contributed by atoms with van der Waals surface area (Å²) in [5.74, 6) is 0.497. The van der Waals surface area contributed by atoms with E-state index in [2.05, 4.69) is 26.4 Å². The van der Waals surface area contributed by atoms with Crippen LogP contribution in [0.3, 0.4) is 0 Å². The molecule has 5 nitrogen and oxygen atoms in total. The van der Waals surface area contributed by atoms with Crippen molar-refractivity contribution in [1.29, 1.82) is 0 Å². The molecule has 2 aromatic heterocycles. The van der Waals surface area contributed by atoms with E-state index in [1.54, 1.807) is 11.3 Å². The number of hydrogen-bond acceptors (Lipinski definition) is 5. The Bertz CT molecular complexity index is 830. The second kappa shape index (κ2) is 7.74. The largest absolute Gasteiger partial charge is 0.365 e. The predicted octanol–water partition coefficient (Wildman–Crippen LogP) is 4.63. The summed E-state index contributed by atoms with van der Waals surface area (Å²) in [7, 11) is 0. The predicted molar refractivity (Wildman–Crippen MR) is 97.0 cm³/mol. The molecule has 0 aliphatic rings. The van der Waals surface area contributed by atoms with Gasteiger partial charge in [0.1, 0.15) is 12.3 Å². The van der Waals surface area contributed by atoms with E-state index in [1.165, 1.54) is 0 Å². The van der Waals surface area contributed by atoms with Gasteiger partial charge in [0.25, 0.3) is 0 Å². The Balaban J connectivity index is 1.47. The molecule has 0 unspecified atom stereocenters. The monoisotopic (exact) mass is 406 g/mol. The van der Waals surface area contributed by atoms with Crippen LogP contribution >= 0.6 is 27.3 Å². The molecule has 1 aromatic carbocycles. The molecule has 124 valence electrons. The van der Waals surface area contributed by atoms with Gasteiger partial charge in [-0.3, -0.25) is 4.79 Å². The molecule has 7 heteroatoms. The molecule has 0 fully saturated rings. The van der Waals surface area contributed by atoms with E-state index in [0.717, 1.165) is 20.6 Å². The minimum atomic E-state index is -0.210. The number of carbonyl (C=O) groups excluding carboxylic acids is 1. The fourth-order valence-electron chi connectivity index (χ4n) is 2.08. The first-order chi connectivity index (χ1) is 11.6. The summed E-state index contributed by atoms with van der Waals surface area (Å²) in [5, 5.41) is 8.72. The van der Waals surface area contributed by atoms with Crippen molar-refractivity contribution in [3.63, 3.8) is 0 Å². The zero-order valence-corrected chi connectivity index (χ0v) is 15.3. The Morgan fingerprint density at radius 3 is 3.00 bits per heavy atom. The molecule has 0 radical (unpaired) electrons. The zero-order chi connectivity index (χ0) is 16.9. The van der Waals surface area contributed by atoms with Crippen LogP contribution in [0.2, 0.25) is 0 Å². The van der Waals surface area contributed by atoms with Gasteiger partial charge >= 0.3 is 0 Å². The SMILES string of the molecule is Cc1cc(NC(=O)COCc2cc(-c3cccs3)on2)ccc1Br. The highest BCUT2D eigenvalue weighted by atomic mass is 79.9. The number of halogens is 1. The van der Waals surface area contributed by atoms with Gasteiger partial charge in [0.15, 0.2) is 5.76 Å². The molecule has 3 rings (SSSR count). The van der Waals surface area contributed by atoms with Gasteiger partial charge in [-0.25, -0.2) is 0 Å².